The van der Waals surface area contributed by atoms with Gasteiger partial charge in [0.1, 0.15) is 11.6 Å². The number of carbonyl (C=O) groups is 1. The molecule has 1 amide bonds. The highest BCUT2D eigenvalue weighted by Crippen LogP contribution is 2.27. The summed E-state index contributed by atoms with van der Waals surface area (Å²) in [5.74, 6) is 0.445. The van der Waals surface area contributed by atoms with E-state index >= 15 is 0 Å². The molecule has 0 saturated carbocycles. The van der Waals surface area contributed by atoms with Crippen LogP contribution in [0.1, 0.15) is 13.8 Å². The van der Waals surface area contributed by atoms with Crippen LogP contribution in [0.4, 0.5) is 0 Å². The zero-order chi connectivity index (χ0) is 15.8. The van der Waals surface area contributed by atoms with E-state index in [9.17, 15) is 4.79 Å². The lowest BCUT2D eigenvalue weighted by Gasteiger charge is -2.09. The Kier molecular flexibility index (Phi) is 6.99. The normalized spacial score (nSPS) is 11.5. The summed E-state index contributed by atoms with van der Waals surface area (Å²) in [7, 11) is 0. The van der Waals surface area contributed by atoms with Crippen LogP contribution in [-0.2, 0) is 4.79 Å². The summed E-state index contributed by atoms with van der Waals surface area (Å²) in [5, 5.41) is 3.47. The minimum absolute atomic E-state index is 0.186. The maximum Gasteiger partial charge on any atom is 0.263 e. The van der Waals surface area contributed by atoms with Crippen LogP contribution in [0.2, 0.25) is 10.0 Å². The number of halogens is 2. The summed E-state index contributed by atoms with van der Waals surface area (Å²) in [6.07, 6.45) is 3.24. The van der Waals surface area contributed by atoms with Crippen molar-refractivity contribution < 1.29 is 9.53 Å². The van der Waals surface area contributed by atoms with E-state index in [4.69, 9.17) is 27.9 Å². The SMILES string of the molecule is C=C(C)/C=C(\N=C/C)NC(=O)COc1ccc(Cl)cc1Cl. The van der Waals surface area contributed by atoms with Gasteiger partial charge < -0.3 is 10.1 Å². The van der Waals surface area contributed by atoms with Gasteiger partial charge in [-0.05, 0) is 38.1 Å². The molecular formula is C15H16Cl2N2O2. The third kappa shape index (κ3) is 6.47. The maximum atomic E-state index is 11.8. The topological polar surface area (TPSA) is 50.7 Å². The molecule has 1 aromatic carbocycles. The molecule has 112 valence electrons. The van der Waals surface area contributed by atoms with E-state index in [0.29, 0.717) is 21.6 Å². The van der Waals surface area contributed by atoms with Crippen molar-refractivity contribution in [3.8, 4) is 5.75 Å². The fourth-order valence-corrected chi connectivity index (χ4v) is 1.86. The van der Waals surface area contributed by atoms with Crippen molar-refractivity contribution in [2.24, 2.45) is 4.99 Å². The average Bonchev–Trinajstić information content (AvgIpc) is 2.37. The van der Waals surface area contributed by atoms with Crippen LogP contribution < -0.4 is 10.1 Å². The molecule has 0 bridgehead atoms. The fourth-order valence-electron chi connectivity index (χ4n) is 1.39. The minimum atomic E-state index is -0.348. The maximum absolute atomic E-state index is 11.8. The Morgan fingerprint density at radius 1 is 1.48 bits per heavy atom. The molecule has 6 heteroatoms. The van der Waals surface area contributed by atoms with Gasteiger partial charge in [0.25, 0.3) is 5.91 Å². The number of amides is 1. The summed E-state index contributed by atoms with van der Waals surface area (Å²) >= 11 is 11.7. The van der Waals surface area contributed by atoms with E-state index in [1.54, 1.807) is 44.3 Å². The molecule has 0 atom stereocenters. The van der Waals surface area contributed by atoms with Crippen molar-refractivity contribution in [3.05, 3.63) is 52.3 Å². The van der Waals surface area contributed by atoms with E-state index < -0.39 is 0 Å². The molecule has 0 aliphatic heterocycles. The third-order valence-corrected chi connectivity index (χ3v) is 2.70. The molecule has 0 saturated heterocycles. The van der Waals surface area contributed by atoms with E-state index in [2.05, 4.69) is 16.9 Å². The second kappa shape index (κ2) is 8.49. The van der Waals surface area contributed by atoms with Crippen LogP contribution >= 0.6 is 23.2 Å². The first-order chi connectivity index (χ1) is 9.92. The molecule has 0 unspecified atom stereocenters. The lowest BCUT2D eigenvalue weighted by atomic mass is 10.3. The Hall–Kier alpha value is -1.78. The number of allylic oxidation sites excluding steroid dienone is 2. The van der Waals surface area contributed by atoms with Crippen molar-refractivity contribution in [3.63, 3.8) is 0 Å². The molecule has 0 heterocycles. The first kappa shape index (κ1) is 17.3. The average molecular weight is 327 g/mol. The molecule has 1 rings (SSSR count). The standard InChI is InChI=1S/C15H16Cl2N2O2/c1-4-18-14(7-10(2)3)19-15(20)9-21-13-6-5-11(16)8-12(13)17/h4-8H,2,9H2,1,3H3,(H,19,20)/b14-7+,18-4-. The van der Waals surface area contributed by atoms with E-state index in [1.165, 1.54) is 0 Å². The van der Waals surface area contributed by atoms with Gasteiger partial charge >= 0.3 is 0 Å². The Balaban J connectivity index is 2.63. The fraction of sp³-hybridized carbons (Fsp3) is 0.200. The Morgan fingerprint density at radius 2 is 2.19 bits per heavy atom. The van der Waals surface area contributed by atoms with Gasteiger partial charge in [0, 0.05) is 11.2 Å². The highest BCUT2D eigenvalue weighted by molar-refractivity contribution is 6.35. The number of aliphatic imine (C=N–C) groups is 1. The highest BCUT2D eigenvalue weighted by Gasteiger charge is 2.07. The van der Waals surface area contributed by atoms with Gasteiger partial charge in [-0.25, -0.2) is 4.99 Å². The van der Waals surface area contributed by atoms with Crippen molar-refractivity contribution in [1.29, 1.82) is 0 Å². The Morgan fingerprint density at radius 3 is 2.76 bits per heavy atom. The van der Waals surface area contributed by atoms with Crippen LogP contribution in [-0.4, -0.2) is 18.7 Å². The molecular weight excluding hydrogens is 311 g/mol. The molecule has 1 N–H and O–H groups in total. The summed E-state index contributed by atoms with van der Waals surface area (Å²) in [6.45, 7) is 7.11. The predicted molar refractivity (Wildman–Crippen MR) is 87.2 cm³/mol. The zero-order valence-electron chi connectivity index (χ0n) is 11.8. The monoisotopic (exact) mass is 326 g/mol. The predicted octanol–water partition coefficient (Wildman–Crippen LogP) is 4.00. The molecule has 0 radical (unpaired) electrons. The smallest absolute Gasteiger partial charge is 0.263 e. The molecule has 21 heavy (non-hydrogen) atoms. The van der Waals surface area contributed by atoms with Crippen molar-refractivity contribution in [2.45, 2.75) is 13.8 Å². The largest absolute Gasteiger partial charge is 0.482 e. The molecule has 1 aromatic rings. The van der Waals surface area contributed by atoms with Crippen molar-refractivity contribution in [2.75, 3.05) is 6.61 Å². The van der Waals surface area contributed by atoms with Crippen LogP contribution in [0.3, 0.4) is 0 Å². The second-order valence-electron chi connectivity index (χ2n) is 4.17. The lowest BCUT2D eigenvalue weighted by molar-refractivity contribution is -0.122. The van der Waals surface area contributed by atoms with E-state index in [1.807, 2.05) is 0 Å². The zero-order valence-corrected chi connectivity index (χ0v) is 13.3. The van der Waals surface area contributed by atoms with Crippen LogP contribution in [0, 0.1) is 0 Å². The summed E-state index contributed by atoms with van der Waals surface area (Å²) in [5.41, 5.74) is 0.776. The minimum Gasteiger partial charge on any atom is -0.482 e. The number of carbonyl (C=O) groups excluding carboxylic acids is 1. The summed E-state index contributed by atoms with van der Waals surface area (Å²) in [6, 6.07) is 4.78. The first-order valence-corrected chi connectivity index (χ1v) is 6.91. The summed E-state index contributed by atoms with van der Waals surface area (Å²) in [4.78, 5) is 15.8. The molecule has 0 fully saturated rings. The molecule has 4 nitrogen and oxygen atoms in total. The molecule has 0 aliphatic carbocycles. The molecule has 0 aliphatic rings. The van der Waals surface area contributed by atoms with Gasteiger partial charge in [-0.15, -0.1) is 0 Å². The molecule has 0 spiro atoms. The third-order valence-electron chi connectivity index (χ3n) is 2.17. The number of ether oxygens (including phenoxy) is 1. The quantitative estimate of drug-likeness (QED) is 0.634. The van der Waals surface area contributed by atoms with Gasteiger partial charge in [-0.3, -0.25) is 4.79 Å². The van der Waals surface area contributed by atoms with E-state index in [-0.39, 0.29) is 12.5 Å². The van der Waals surface area contributed by atoms with Gasteiger partial charge in [0.15, 0.2) is 6.61 Å². The number of nitrogens with zero attached hydrogens (tertiary/aromatic N) is 1. The highest BCUT2D eigenvalue weighted by atomic mass is 35.5. The Bertz CT molecular complexity index is 595. The van der Waals surface area contributed by atoms with Gasteiger partial charge in [-0.2, -0.15) is 0 Å². The van der Waals surface area contributed by atoms with Crippen LogP contribution in [0.15, 0.2) is 47.2 Å². The van der Waals surface area contributed by atoms with Gasteiger partial charge in [0.2, 0.25) is 0 Å². The van der Waals surface area contributed by atoms with E-state index in [0.717, 1.165) is 5.57 Å². The number of nitrogens with one attached hydrogen (secondary N) is 1. The number of benzene rings is 1. The van der Waals surface area contributed by atoms with Crippen LogP contribution in [0.25, 0.3) is 0 Å². The second-order valence-corrected chi connectivity index (χ2v) is 5.02. The Labute approximate surface area is 134 Å². The number of rotatable bonds is 6. The number of hydrogen-bond acceptors (Lipinski definition) is 3. The first-order valence-electron chi connectivity index (χ1n) is 6.16. The van der Waals surface area contributed by atoms with Crippen molar-refractivity contribution in [1.82, 2.24) is 5.32 Å². The van der Waals surface area contributed by atoms with Crippen LogP contribution in [0.5, 0.6) is 5.75 Å². The van der Waals surface area contributed by atoms with Crippen molar-refractivity contribution >= 4 is 35.3 Å². The summed E-state index contributed by atoms with van der Waals surface area (Å²) < 4.78 is 5.33. The number of hydrogen-bond donors (Lipinski definition) is 1. The molecule has 0 aromatic heterocycles. The lowest BCUT2D eigenvalue weighted by Crippen LogP contribution is -2.28. The van der Waals surface area contributed by atoms with Gasteiger partial charge in [0.05, 0.1) is 5.02 Å². The van der Waals surface area contributed by atoms with Gasteiger partial charge in [-0.1, -0.05) is 35.4 Å².